The van der Waals surface area contributed by atoms with Crippen LogP contribution in [-0.2, 0) is 6.54 Å². The molecule has 0 saturated carbocycles. The molecule has 4 rings (SSSR count). The van der Waals surface area contributed by atoms with Crippen LogP contribution < -0.4 is 10.6 Å². The number of pyridine rings is 1. The van der Waals surface area contributed by atoms with E-state index < -0.39 is 0 Å². The molecule has 0 aliphatic carbocycles. The van der Waals surface area contributed by atoms with Gasteiger partial charge in [0.2, 0.25) is 0 Å². The van der Waals surface area contributed by atoms with Crippen LogP contribution in [0, 0.1) is 0 Å². The molecule has 27 heavy (non-hydrogen) atoms. The molecular weight excluding hydrogens is 358 g/mol. The number of hydrogen-bond donors (Lipinski definition) is 2. The van der Waals surface area contributed by atoms with E-state index in [1.807, 2.05) is 12.3 Å². The highest BCUT2D eigenvalue weighted by atomic mass is 32.2. The van der Waals surface area contributed by atoms with Crippen LogP contribution in [-0.4, -0.2) is 25.3 Å². The molecule has 3 heterocycles. The first-order valence-corrected chi connectivity index (χ1v) is 9.61. The Balaban J connectivity index is 1.53. The van der Waals surface area contributed by atoms with E-state index in [1.165, 1.54) is 5.56 Å². The molecule has 6 nitrogen and oxygen atoms in total. The molecule has 0 fully saturated rings. The Morgan fingerprint density at radius 1 is 1.19 bits per heavy atom. The lowest BCUT2D eigenvalue weighted by Crippen LogP contribution is -2.31. The summed E-state index contributed by atoms with van der Waals surface area (Å²) in [5.41, 5.74) is 2.89. The number of aromatic nitrogens is 3. The minimum absolute atomic E-state index is 0.0162. The van der Waals surface area contributed by atoms with Crippen molar-refractivity contribution in [3.8, 4) is 0 Å². The highest BCUT2D eigenvalue weighted by molar-refractivity contribution is 8.00. The highest BCUT2D eigenvalue weighted by Crippen LogP contribution is 2.51. The number of rotatable bonds is 4. The van der Waals surface area contributed by atoms with Crippen molar-refractivity contribution in [2.75, 3.05) is 5.32 Å². The first kappa shape index (κ1) is 17.6. The quantitative estimate of drug-likeness (QED) is 0.717. The van der Waals surface area contributed by atoms with Gasteiger partial charge in [0.25, 0.3) is 0 Å². The highest BCUT2D eigenvalue weighted by Gasteiger charge is 2.42. The average Bonchev–Trinajstić information content (AvgIpc) is 3.15. The lowest BCUT2D eigenvalue weighted by atomic mass is 9.95. The summed E-state index contributed by atoms with van der Waals surface area (Å²) in [6.07, 6.45) is 5.13. The Hall–Kier alpha value is -2.80. The van der Waals surface area contributed by atoms with Crippen molar-refractivity contribution < 1.29 is 4.79 Å². The van der Waals surface area contributed by atoms with Gasteiger partial charge in [-0.1, -0.05) is 42.1 Å². The van der Waals surface area contributed by atoms with Gasteiger partial charge in [0.15, 0.2) is 5.16 Å². The van der Waals surface area contributed by atoms with Crippen molar-refractivity contribution in [2.24, 2.45) is 0 Å². The summed E-state index contributed by atoms with van der Waals surface area (Å²) >= 11 is 1.77. The van der Waals surface area contributed by atoms with E-state index in [1.54, 1.807) is 36.3 Å². The molecule has 2 N–H and O–H groups in total. The maximum Gasteiger partial charge on any atom is 0.319 e. The number of nitrogens with one attached hydrogen (secondary N) is 2. The Kier molecular flexibility index (Phi) is 4.61. The summed E-state index contributed by atoms with van der Waals surface area (Å²) in [6.45, 7) is 4.87. The number of thioether (sulfide) groups is 1. The number of nitrogens with zero attached hydrogens (tertiary/aromatic N) is 3. The van der Waals surface area contributed by atoms with Crippen molar-refractivity contribution in [3.05, 3.63) is 72.3 Å². The number of imidazole rings is 1. The second-order valence-corrected chi connectivity index (χ2v) is 8.59. The summed E-state index contributed by atoms with van der Waals surface area (Å²) in [4.78, 5) is 20.8. The SMILES string of the molecule is CC1(C)Sc2ncc(CNC(=O)Nc3cccnc3)n2C1c1ccccc1. The van der Waals surface area contributed by atoms with Gasteiger partial charge in [-0.05, 0) is 31.5 Å². The van der Waals surface area contributed by atoms with Crippen LogP contribution in [0.15, 0.2) is 66.2 Å². The maximum atomic E-state index is 12.2. The molecule has 2 aromatic heterocycles. The van der Waals surface area contributed by atoms with Gasteiger partial charge in [-0.2, -0.15) is 0 Å². The van der Waals surface area contributed by atoms with E-state index in [4.69, 9.17) is 0 Å². The molecule has 2 amide bonds. The third-order valence-corrected chi connectivity index (χ3v) is 5.81. The topological polar surface area (TPSA) is 71.8 Å². The van der Waals surface area contributed by atoms with Crippen LogP contribution in [0.25, 0.3) is 0 Å². The largest absolute Gasteiger partial charge is 0.332 e. The molecule has 138 valence electrons. The second kappa shape index (κ2) is 7.08. The van der Waals surface area contributed by atoms with Crippen molar-refractivity contribution in [3.63, 3.8) is 0 Å². The summed E-state index contributed by atoms with van der Waals surface area (Å²) < 4.78 is 2.22. The van der Waals surface area contributed by atoms with Crippen LogP contribution in [0.5, 0.6) is 0 Å². The number of carbonyl (C=O) groups is 1. The fourth-order valence-electron chi connectivity index (χ4n) is 3.43. The molecule has 0 radical (unpaired) electrons. The number of benzene rings is 1. The normalized spacial score (nSPS) is 17.3. The second-order valence-electron chi connectivity index (χ2n) is 6.97. The molecule has 1 aromatic carbocycles. The number of amides is 2. The summed E-state index contributed by atoms with van der Waals surface area (Å²) in [5, 5.41) is 6.68. The van der Waals surface area contributed by atoms with E-state index in [-0.39, 0.29) is 16.8 Å². The lowest BCUT2D eigenvalue weighted by Gasteiger charge is -2.28. The molecule has 1 aliphatic rings. The van der Waals surface area contributed by atoms with E-state index in [2.05, 4.69) is 63.3 Å². The summed E-state index contributed by atoms with van der Waals surface area (Å²) in [6, 6.07) is 13.9. The zero-order chi connectivity index (χ0) is 18.9. The van der Waals surface area contributed by atoms with Crippen LogP contribution in [0.2, 0.25) is 0 Å². The molecule has 0 spiro atoms. The maximum absolute atomic E-state index is 12.2. The predicted molar refractivity (Wildman–Crippen MR) is 107 cm³/mol. The Labute approximate surface area is 162 Å². The van der Waals surface area contributed by atoms with Gasteiger partial charge < -0.3 is 15.2 Å². The Morgan fingerprint density at radius 3 is 2.74 bits per heavy atom. The average molecular weight is 379 g/mol. The van der Waals surface area contributed by atoms with Crippen molar-refractivity contribution in [2.45, 2.75) is 36.3 Å². The van der Waals surface area contributed by atoms with Crippen LogP contribution in [0.4, 0.5) is 10.5 Å². The number of carbonyl (C=O) groups excluding carboxylic acids is 1. The van der Waals surface area contributed by atoms with Gasteiger partial charge >= 0.3 is 6.03 Å². The molecule has 3 aromatic rings. The smallest absolute Gasteiger partial charge is 0.319 e. The Morgan fingerprint density at radius 2 is 2.00 bits per heavy atom. The third-order valence-electron chi connectivity index (χ3n) is 4.58. The first-order chi connectivity index (χ1) is 13.0. The molecule has 1 unspecified atom stereocenters. The molecule has 0 bridgehead atoms. The van der Waals surface area contributed by atoms with Crippen LogP contribution in [0.3, 0.4) is 0 Å². The molecule has 1 aliphatic heterocycles. The number of hydrogen-bond acceptors (Lipinski definition) is 4. The minimum atomic E-state index is -0.264. The van der Waals surface area contributed by atoms with E-state index in [0.717, 1.165) is 10.9 Å². The molecule has 0 saturated heterocycles. The first-order valence-electron chi connectivity index (χ1n) is 8.79. The van der Waals surface area contributed by atoms with E-state index in [9.17, 15) is 4.79 Å². The Bertz CT molecular complexity index is 940. The zero-order valence-electron chi connectivity index (χ0n) is 15.2. The fraction of sp³-hybridized carbons (Fsp3) is 0.250. The lowest BCUT2D eigenvalue weighted by molar-refractivity contribution is 0.251. The minimum Gasteiger partial charge on any atom is -0.332 e. The number of anilines is 1. The van der Waals surface area contributed by atoms with Crippen molar-refractivity contribution >= 4 is 23.5 Å². The number of urea groups is 1. The van der Waals surface area contributed by atoms with E-state index >= 15 is 0 Å². The third kappa shape index (κ3) is 3.55. The van der Waals surface area contributed by atoms with Crippen LogP contribution >= 0.6 is 11.8 Å². The van der Waals surface area contributed by atoms with E-state index in [0.29, 0.717) is 12.2 Å². The van der Waals surface area contributed by atoms with Gasteiger partial charge in [-0.25, -0.2) is 9.78 Å². The molecule has 1 atom stereocenters. The summed E-state index contributed by atoms with van der Waals surface area (Å²) in [5.74, 6) is 0. The van der Waals surface area contributed by atoms with Gasteiger partial charge in [-0.3, -0.25) is 4.98 Å². The number of fused-ring (bicyclic) bond motifs is 1. The van der Waals surface area contributed by atoms with Gasteiger partial charge in [-0.15, -0.1) is 0 Å². The van der Waals surface area contributed by atoms with Crippen molar-refractivity contribution in [1.29, 1.82) is 0 Å². The van der Waals surface area contributed by atoms with Gasteiger partial charge in [0.05, 0.1) is 36.4 Å². The van der Waals surface area contributed by atoms with Gasteiger partial charge in [0, 0.05) is 10.9 Å². The van der Waals surface area contributed by atoms with Gasteiger partial charge in [0.1, 0.15) is 0 Å². The molecular formula is C20H21N5OS. The summed E-state index contributed by atoms with van der Waals surface area (Å²) in [7, 11) is 0. The molecule has 7 heteroatoms. The zero-order valence-corrected chi connectivity index (χ0v) is 16.0. The van der Waals surface area contributed by atoms with Crippen molar-refractivity contribution in [1.82, 2.24) is 19.9 Å². The predicted octanol–water partition coefficient (Wildman–Crippen LogP) is 4.07. The fourth-order valence-corrected chi connectivity index (χ4v) is 4.68. The standard InChI is InChI=1S/C20H21N5OS/c1-20(2)17(14-7-4-3-5-8-14)25-16(13-23-19(25)27-20)12-22-18(26)24-15-9-6-10-21-11-15/h3-11,13,17H,12H2,1-2H3,(H2,22,24,26). The van der Waals surface area contributed by atoms with Crippen LogP contribution in [0.1, 0.15) is 31.1 Å². The monoisotopic (exact) mass is 379 g/mol.